The summed E-state index contributed by atoms with van der Waals surface area (Å²) in [5.74, 6) is 1.10. The minimum Gasteiger partial charge on any atom is -0.494 e. The van der Waals surface area contributed by atoms with Crippen LogP contribution in [-0.4, -0.2) is 24.2 Å². The van der Waals surface area contributed by atoms with E-state index in [9.17, 15) is 0 Å². The third kappa shape index (κ3) is 2.77. The monoisotopic (exact) mass is 254 g/mol. The van der Waals surface area contributed by atoms with Gasteiger partial charge in [0.25, 0.3) is 0 Å². The fourth-order valence-electron chi connectivity index (χ4n) is 1.39. The Bertz CT molecular complexity index is 503. The summed E-state index contributed by atoms with van der Waals surface area (Å²) >= 11 is 5.77. The first-order valence-corrected chi connectivity index (χ1v) is 5.68. The van der Waals surface area contributed by atoms with Gasteiger partial charge in [-0.1, -0.05) is 19.9 Å². The van der Waals surface area contributed by atoms with Gasteiger partial charge in [-0.25, -0.2) is 4.98 Å². The highest BCUT2D eigenvalue weighted by molar-refractivity contribution is 6.28. The maximum Gasteiger partial charge on any atom is 0.226 e. The topological polar surface area (TPSA) is 44.2 Å². The number of methoxy groups -OCH3 is 2. The van der Waals surface area contributed by atoms with Crippen LogP contribution in [0.2, 0.25) is 5.28 Å². The first-order chi connectivity index (χ1) is 8.26. The third-order valence-electron chi connectivity index (χ3n) is 2.04. The first-order valence-electron chi connectivity index (χ1n) is 5.30. The van der Waals surface area contributed by atoms with Gasteiger partial charge in [-0.2, -0.15) is 4.98 Å². The molecular formula is C12H15ClN2O2. The lowest BCUT2D eigenvalue weighted by atomic mass is 10.2. The molecule has 2 rings (SSSR count). The minimum absolute atomic E-state index is 0.142. The number of ether oxygens (including phenoxy) is 2. The molecule has 5 heteroatoms. The van der Waals surface area contributed by atoms with Crippen LogP contribution in [0.25, 0.3) is 10.9 Å². The second-order valence-electron chi connectivity index (χ2n) is 2.86. The first kappa shape index (κ1) is 13.5. The van der Waals surface area contributed by atoms with Crippen LogP contribution in [0.1, 0.15) is 13.8 Å². The van der Waals surface area contributed by atoms with Crippen molar-refractivity contribution >= 4 is 22.5 Å². The fraction of sp³-hybridized carbons (Fsp3) is 0.333. The molecule has 0 saturated carbocycles. The van der Waals surface area contributed by atoms with Crippen molar-refractivity contribution in [2.75, 3.05) is 14.2 Å². The molecule has 0 bridgehead atoms. The number of rotatable bonds is 2. The smallest absolute Gasteiger partial charge is 0.226 e. The quantitative estimate of drug-likeness (QED) is 0.771. The van der Waals surface area contributed by atoms with Gasteiger partial charge in [0.05, 0.1) is 19.6 Å². The fourth-order valence-corrected chi connectivity index (χ4v) is 1.55. The Hall–Kier alpha value is -1.55. The summed E-state index contributed by atoms with van der Waals surface area (Å²) in [4.78, 5) is 8.08. The summed E-state index contributed by atoms with van der Waals surface area (Å²) < 4.78 is 10.3. The van der Waals surface area contributed by atoms with E-state index in [1.165, 1.54) is 7.11 Å². The zero-order valence-corrected chi connectivity index (χ0v) is 11.1. The Kier molecular flexibility index (Phi) is 4.97. The number of nitrogens with zero attached hydrogens (tertiary/aromatic N) is 2. The number of aromatic nitrogens is 2. The summed E-state index contributed by atoms with van der Waals surface area (Å²) in [6.07, 6.45) is 0. The van der Waals surface area contributed by atoms with Crippen LogP contribution < -0.4 is 9.47 Å². The second kappa shape index (κ2) is 6.25. The third-order valence-corrected chi connectivity index (χ3v) is 2.21. The lowest BCUT2D eigenvalue weighted by molar-refractivity contribution is 0.401. The molecule has 1 aromatic heterocycles. The summed E-state index contributed by atoms with van der Waals surface area (Å²) in [6.45, 7) is 4.00. The van der Waals surface area contributed by atoms with E-state index in [0.29, 0.717) is 17.1 Å². The Morgan fingerprint density at radius 1 is 1.06 bits per heavy atom. The summed E-state index contributed by atoms with van der Waals surface area (Å²) in [5, 5.41) is 0.921. The number of benzene rings is 1. The van der Waals surface area contributed by atoms with E-state index in [1.54, 1.807) is 7.11 Å². The summed E-state index contributed by atoms with van der Waals surface area (Å²) in [7, 11) is 3.12. The molecule has 2 aromatic rings. The highest BCUT2D eigenvalue weighted by Gasteiger charge is 2.10. The number of para-hydroxylation sites is 1. The van der Waals surface area contributed by atoms with Crippen molar-refractivity contribution in [3.63, 3.8) is 0 Å². The van der Waals surface area contributed by atoms with E-state index in [-0.39, 0.29) is 5.28 Å². The lowest BCUT2D eigenvalue weighted by Gasteiger charge is -2.07. The van der Waals surface area contributed by atoms with Crippen molar-refractivity contribution in [1.29, 1.82) is 0 Å². The van der Waals surface area contributed by atoms with E-state index in [1.807, 2.05) is 32.0 Å². The standard InChI is InChI=1S/C10H9ClN2O2.C2H6/c1-14-7-5-3-4-6-8(7)12-10(11)13-9(6)15-2;1-2/h3-5H,1-2H3;1-2H3. The minimum atomic E-state index is 0.142. The molecule has 0 fully saturated rings. The van der Waals surface area contributed by atoms with Crippen LogP contribution in [0.3, 0.4) is 0 Å². The largest absolute Gasteiger partial charge is 0.494 e. The molecule has 0 aliphatic heterocycles. The average Bonchev–Trinajstić information content (AvgIpc) is 2.39. The molecule has 0 aliphatic rings. The Morgan fingerprint density at radius 3 is 2.35 bits per heavy atom. The maximum atomic E-state index is 5.77. The Labute approximate surface area is 106 Å². The van der Waals surface area contributed by atoms with E-state index in [0.717, 1.165) is 5.39 Å². The van der Waals surface area contributed by atoms with Crippen LogP contribution in [0.15, 0.2) is 18.2 Å². The van der Waals surface area contributed by atoms with Gasteiger partial charge in [-0.05, 0) is 23.7 Å². The van der Waals surface area contributed by atoms with Gasteiger partial charge >= 0.3 is 0 Å². The van der Waals surface area contributed by atoms with Crippen molar-refractivity contribution < 1.29 is 9.47 Å². The van der Waals surface area contributed by atoms with Gasteiger partial charge in [0.2, 0.25) is 11.2 Å². The molecule has 0 aliphatic carbocycles. The molecule has 0 atom stereocenters. The molecule has 17 heavy (non-hydrogen) atoms. The van der Waals surface area contributed by atoms with Crippen LogP contribution >= 0.6 is 11.6 Å². The van der Waals surface area contributed by atoms with Crippen LogP contribution in [0, 0.1) is 0 Å². The van der Waals surface area contributed by atoms with Crippen molar-refractivity contribution in [3.05, 3.63) is 23.5 Å². The van der Waals surface area contributed by atoms with Crippen molar-refractivity contribution in [2.24, 2.45) is 0 Å². The molecule has 1 aromatic carbocycles. The van der Waals surface area contributed by atoms with Gasteiger partial charge in [-0.3, -0.25) is 0 Å². The number of hydrogen-bond donors (Lipinski definition) is 0. The average molecular weight is 255 g/mol. The van der Waals surface area contributed by atoms with Crippen molar-refractivity contribution in [3.8, 4) is 11.6 Å². The van der Waals surface area contributed by atoms with E-state index < -0.39 is 0 Å². The normalized spacial score (nSPS) is 9.47. The number of halogens is 1. The summed E-state index contributed by atoms with van der Waals surface area (Å²) in [5.41, 5.74) is 0.650. The van der Waals surface area contributed by atoms with Gasteiger partial charge < -0.3 is 9.47 Å². The molecule has 4 nitrogen and oxygen atoms in total. The Morgan fingerprint density at radius 2 is 1.76 bits per heavy atom. The zero-order valence-electron chi connectivity index (χ0n) is 10.3. The highest BCUT2D eigenvalue weighted by atomic mass is 35.5. The van der Waals surface area contributed by atoms with Crippen molar-refractivity contribution in [2.45, 2.75) is 13.8 Å². The van der Waals surface area contributed by atoms with Crippen LogP contribution in [-0.2, 0) is 0 Å². The van der Waals surface area contributed by atoms with E-state index in [4.69, 9.17) is 21.1 Å². The van der Waals surface area contributed by atoms with Gasteiger partial charge in [0, 0.05) is 0 Å². The maximum absolute atomic E-state index is 5.77. The summed E-state index contributed by atoms with van der Waals surface area (Å²) in [6, 6.07) is 5.51. The zero-order chi connectivity index (χ0) is 12.8. The molecule has 92 valence electrons. The van der Waals surface area contributed by atoms with Crippen LogP contribution in [0.5, 0.6) is 11.6 Å². The molecule has 0 unspecified atom stereocenters. The molecule has 0 saturated heterocycles. The van der Waals surface area contributed by atoms with Gasteiger partial charge in [0.1, 0.15) is 11.3 Å². The Balaban J connectivity index is 0.000000686. The number of hydrogen-bond acceptors (Lipinski definition) is 4. The molecule has 1 heterocycles. The molecule has 0 spiro atoms. The predicted octanol–water partition coefficient (Wildman–Crippen LogP) is 3.33. The molecule has 0 radical (unpaired) electrons. The van der Waals surface area contributed by atoms with Gasteiger partial charge in [0.15, 0.2) is 0 Å². The molecular weight excluding hydrogens is 240 g/mol. The van der Waals surface area contributed by atoms with Crippen LogP contribution in [0.4, 0.5) is 0 Å². The van der Waals surface area contributed by atoms with Crippen molar-refractivity contribution in [1.82, 2.24) is 9.97 Å². The molecule has 0 amide bonds. The number of fused-ring (bicyclic) bond motifs is 1. The molecule has 0 N–H and O–H groups in total. The van der Waals surface area contributed by atoms with E-state index in [2.05, 4.69) is 9.97 Å². The SMILES string of the molecule is CC.COc1nc(Cl)nc2c(OC)cccc12. The van der Waals surface area contributed by atoms with Gasteiger partial charge in [-0.15, -0.1) is 0 Å². The lowest BCUT2D eigenvalue weighted by Crippen LogP contribution is -1.94. The highest BCUT2D eigenvalue weighted by Crippen LogP contribution is 2.29. The predicted molar refractivity (Wildman–Crippen MR) is 69.0 cm³/mol. The second-order valence-corrected chi connectivity index (χ2v) is 3.20. The van der Waals surface area contributed by atoms with E-state index >= 15 is 0 Å².